The van der Waals surface area contributed by atoms with E-state index in [1.165, 1.54) is 12.5 Å². The molecule has 1 aliphatic heterocycles. The van der Waals surface area contributed by atoms with E-state index >= 15 is 0 Å². The topological polar surface area (TPSA) is 69.6 Å². The van der Waals surface area contributed by atoms with Gasteiger partial charge in [0.1, 0.15) is 0 Å². The van der Waals surface area contributed by atoms with Crippen LogP contribution in [0.25, 0.3) is 0 Å². The molecule has 5 heteroatoms. The van der Waals surface area contributed by atoms with Crippen molar-refractivity contribution in [2.45, 2.75) is 25.7 Å². The molecule has 0 atom stereocenters. The molecule has 0 spiro atoms. The van der Waals surface area contributed by atoms with Gasteiger partial charge in [-0.05, 0) is 24.5 Å². The Bertz CT molecular complexity index is 468. The molecule has 102 valence electrons. The number of hydrazine groups is 1. The van der Waals surface area contributed by atoms with Gasteiger partial charge in [0.05, 0.1) is 12.0 Å². The molecule has 0 aromatic heterocycles. The van der Waals surface area contributed by atoms with Gasteiger partial charge in [-0.2, -0.15) is 0 Å². The third-order valence-electron chi connectivity index (χ3n) is 3.24. The Morgan fingerprint density at radius 2 is 1.84 bits per heavy atom. The molecule has 1 aliphatic rings. The zero-order valence-corrected chi connectivity index (χ0v) is 10.8. The molecular formula is C14H18N2O3. The van der Waals surface area contributed by atoms with Crippen LogP contribution in [0.2, 0.25) is 0 Å². The molecule has 1 amide bonds. The molecule has 19 heavy (non-hydrogen) atoms. The highest BCUT2D eigenvalue weighted by Crippen LogP contribution is 2.10. The van der Waals surface area contributed by atoms with Crippen LogP contribution < -0.4 is 5.43 Å². The maximum absolute atomic E-state index is 11.9. The van der Waals surface area contributed by atoms with Gasteiger partial charge in [-0.1, -0.05) is 24.6 Å². The van der Waals surface area contributed by atoms with E-state index in [9.17, 15) is 9.59 Å². The fourth-order valence-corrected chi connectivity index (χ4v) is 2.28. The number of carboxylic acids is 1. The lowest BCUT2D eigenvalue weighted by Crippen LogP contribution is -2.45. The number of aromatic carboxylic acids is 1. The van der Waals surface area contributed by atoms with Crippen LogP contribution in [0.15, 0.2) is 24.3 Å². The average Bonchev–Trinajstić information content (AvgIpc) is 2.40. The summed E-state index contributed by atoms with van der Waals surface area (Å²) in [6.45, 7) is 1.73. The van der Waals surface area contributed by atoms with Crippen LogP contribution >= 0.6 is 0 Å². The zero-order chi connectivity index (χ0) is 13.7. The van der Waals surface area contributed by atoms with E-state index in [0.717, 1.165) is 25.9 Å². The average molecular weight is 262 g/mol. The molecule has 0 bridgehead atoms. The maximum Gasteiger partial charge on any atom is 0.335 e. The first-order valence-corrected chi connectivity index (χ1v) is 6.52. The fourth-order valence-electron chi connectivity index (χ4n) is 2.28. The van der Waals surface area contributed by atoms with E-state index in [2.05, 4.69) is 5.43 Å². The van der Waals surface area contributed by atoms with E-state index in [-0.39, 0.29) is 17.9 Å². The molecule has 1 fully saturated rings. The molecule has 1 aromatic rings. The number of hydrogen-bond donors (Lipinski definition) is 2. The SMILES string of the molecule is O=C(Cc1ccccc1C(=O)O)NN1CCCCC1. The largest absolute Gasteiger partial charge is 0.478 e. The van der Waals surface area contributed by atoms with Crippen molar-refractivity contribution in [1.82, 2.24) is 10.4 Å². The Labute approximate surface area is 112 Å². The second-order valence-corrected chi connectivity index (χ2v) is 4.72. The number of nitrogens with zero attached hydrogens (tertiary/aromatic N) is 1. The Balaban J connectivity index is 1.96. The van der Waals surface area contributed by atoms with E-state index < -0.39 is 5.97 Å². The number of carbonyl (C=O) groups excluding carboxylic acids is 1. The Morgan fingerprint density at radius 3 is 2.53 bits per heavy atom. The maximum atomic E-state index is 11.9. The highest BCUT2D eigenvalue weighted by Gasteiger charge is 2.15. The standard InChI is InChI=1S/C14H18N2O3/c17-13(15-16-8-4-1-5-9-16)10-11-6-2-3-7-12(11)14(18)19/h2-3,6-7H,1,4-5,8-10H2,(H,15,17)(H,18,19). The minimum atomic E-state index is -0.999. The van der Waals surface area contributed by atoms with Gasteiger partial charge >= 0.3 is 5.97 Å². The third-order valence-corrected chi connectivity index (χ3v) is 3.24. The molecule has 1 heterocycles. The summed E-state index contributed by atoms with van der Waals surface area (Å²) in [5.41, 5.74) is 3.57. The number of piperidine rings is 1. The first-order valence-electron chi connectivity index (χ1n) is 6.52. The quantitative estimate of drug-likeness (QED) is 0.861. The molecule has 0 radical (unpaired) electrons. The molecule has 2 rings (SSSR count). The molecule has 0 aliphatic carbocycles. The molecule has 5 nitrogen and oxygen atoms in total. The van der Waals surface area contributed by atoms with Crippen molar-refractivity contribution in [3.63, 3.8) is 0 Å². The van der Waals surface area contributed by atoms with Crippen LogP contribution in [-0.2, 0) is 11.2 Å². The summed E-state index contributed by atoms with van der Waals surface area (Å²) in [6.07, 6.45) is 3.48. The van der Waals surface area contributed by atoms with Crippen molar-refractivity contribution in [3.8, 4) is 0 Å². The summed E-state index contributed by atoms with van der Waals surface area (Å²) in [6, 6.07) is 6.61. The van der Waals surface area contributed by atoms with Gasteiger partial charge in [0.25, 0.3) is 0 Å². The first-order chi connectivity index (χ1) is 9.16. The summed E-state index contributed by atoms with van der Waals surface area (Å²) in [7, 11) is 0. The Morgan fingerprint density at radius 1 is 1.16 bits per heavy atom. The number of carbonyl (C=O) groups is 2. The van der Waals surface area contributed by atoms with Crippen LogP contribution in [-0.4, -0.2) is 35.1 Å². The van der Waals surface area contributed by atoms with Crippen LogP contribution in [0.3, 0.4) is 0 Å². The lowest BCUT2D eigenvalue weighted by atomic mass is 10.0. The second kappa shape index (κ2) is 6.33. The zero-order valence-electron chi connectivity index (χ0n) is 10.8. The molecule has 0 unspecified atom stereocenters. The molecule has 0 saturated carbocycles. The summed E-state index contributed by atoms with van der Waals surface area (Å²) in [5.74, 6) is -1.16. The Hall–Kier alpha value is -1.88. The van der Waals surface area contributed by atoms with Gasteiger partial charge in [-0.15, -0.1) is 0 Å². The molecular weight excluding hydrogens is 244 g/mol. The summed E-state index contributed by atoms with van der Waals surface area (Å²) in [5, 5.41) is 11.0. The lowest BCUT2D eigenvalue weighted by Gasteiger charge is -2.26. The van der Waals surface area contributed by atoms with Crippen LogP contribution in [0.4, 0.5) is 0 Å². The van der Waals surface area contributed by atoms with Gasteiger partial charge in [-0.25, -0.2) is 9.80 Å². The number of carboxylic acid groups (broad SMARTS) is 1. The minimum Gasteiger partial charge on any atom is -0.478 e. The lowest BCUT2D eigenvalue weighted by molar-refractivity contribution is -0.125. The number of nitrogens with one attached hydrogen (secondary N) is 1. The van der Waals surface area contributed by atoms with Crippen LogP contribution in [0, 0.1) is 0 Å². The second-order valence-electron chi connectivity index (χ2n) is 4.72. The summed E-state index contributed by atoms with van der Waals surface area (Å²) >= 11 is 0. The van der Waals surface area contributed by atoms with Crippen molar-refractivity contribution >= 4 is 11.9 Å². The highest BCUT2D eigenvalue weighted by atomic mass is 16.4. The number of amides is 1. The third kappa shape index (κ3) is 3.79. The normalized spacial score (nSPS) is 16.0. The number of benzene rings is 1. The van der Waals surface area contributed by atoms with Gasteiger partial charge in [0.15, 0.2) is 0 Å². The van der Waals surface area contributed by atoms with Crippen molar-refractivity contribution in [2.75, 3.05) is 13.1 Å². The van der Waals surface area contributed by atoms with Gasteiger partial charge in [-0.3, -0.25) is 10.2 Å². The van der Waals surface area contributed by atoms with Gasteiger partial charge in [0, 0.05) is 13.1 Å². The van der Waals surface area contributed by atoms with Gasteiger partial charge in [0.2, 0.25) is 5.91 Å². The molecule has 1 aromatic carbocycles. The van der Waals surface area contributed by atoms with Crippen LogP contribution in [0.1, 0.15) is 35.2 Å². The molecule has 2 N–H and O–H groups in total. The van der Waals surface area contributed by atoms with Crippen molar-refractivity contribution in [2.24, 2.45) is 0 Å². The van der Waals surface area contributed by atoms with E-state index in [1.807, 2.05) is 5.01 Å². The summed E-state index contributed by atoms with van der Waals surface area (Å²) < 4.78 is 0. The van der Waals surface area contributed by atoms with E-state index in [1.54, 1.807) is 18.2 Å². The van der Waals surface area contributed by atoms with Gasteiger partial charge < -0.3 is 5.11 Å². The van der Waals surface area contributed by atoms with E-state index in [0.29, 0.717) is 5.56 Å². The van der Waals surface area contributed by atoms with Crippen molar-refractivity contribution in [1.29, 1.82) is 0 Å². The Kier molecular flexibility index (Phi) is 4.52. The number of hydrogen-bond acceptors (Lipinski definition) is 3. The monoisotopic (exact) mass is 262 g/mol. The first kappa shape index (κ1) is 13.5. The van der Waals surface area contributed by atoms with Crippen molar-refractivity contribution in [3.05, 3.63) is 35.4 Å². The smallest absolute Gasteiger partial charge is 0.335 e. The number of rotatable bonds is 4. The fraction of sp³-hybridized carbons (Fsp3) is 0.429. The van der Waals surface area contributed by atoms with Crippen LogP contribution in [0.5, 0.6) is 0 Å². The highest BCUT2D eigenvalue weighted by molar-refractivity contribution is 5.91. The molecule has 1 saturated heterocycles. The minimum absolute atomic E-state index is 0.0962. The predicted octanol–water partition coefficient (Wildman–Crippen LogP) is 1.44. The van der Waals surface area contributed by atoms with E-state index in [4.69, 9.17) is 5.11 Å². The van der Waals surface area contributed by atoms with Crippen molar-refractivity contribution < 1.29 is 14.7 Å². The predicted molar refractivity (Wildman–Crippen MR) is 70.7 cm³/mol. The summed E-state index contributed by atoms with van der Waals surface area (Å²) in [4.78, 5) is 23.0.